The molecule has 0 unspecified atom stereocenters. The Morgan fingerprint density at radius 1 is 1.24 bits per heavy atom. The summed E-state index contributed by atoms with van der Waals surface area (Å²) in [4.78, 5) is 16.2. The van der Waals surface area contributed by atoms with E-state index in [-0.39, 0.29) is 30.7 Å². The van der Waals surface area contributed by atoms with Gasteiger partial charge in [-0.15, -0.1) is 24.8 Å². The van der Waals surface area contributed by atoms with Gasteiger partial charge in [-0.05, 0) is 30.7 Å². The van der Waals surface area contributed by atoms with E-state index in [9.17, 15) is 4.79 Å². The summed E-state index contributed by atoms with van der Waals surface area (Å²) < 4.78 is 0. The van der Waals surface area contributed by atoms with Crippen LogP contribution in [0.5, 0.6) is 0 Å². The Bertz CT molecular complexity index is 676. The highest BCUT2D eigenvalue weighted by atomic mass is 35.5. The highest BCUT2D eigenvalue weighted by Crippen LogP contribution is 2.18. The zero-order valence-electron chi connectivity index (χ0n) is 13.5. The van der Waals surface area contributed by atoms with Crippen molar-refractivity contribution in [1.82, 2.24) is 25.8 Å². The first-order chi connectivity index (χ1) is 11.3. The van der Waals surface area contributed by atoms with Gasteiger partial charge in [-0.25, -0.2) is 4.98 Å². The number of thioether (sulfide) groups is 1. The fourth-order valence-corrected chi connectivity index (χ4v) is 3.03. The van der Waals surface area contributed by atoms with E-state index in [2.05, 4.69) is 31.9 Å². The highest BCUT2D eigenvalue weighted by molar-refractivity contribution is 7.98. The van der Waals surface area contributed by atoms with Gasteiger partial charge in [0.15, 0.2) is 5.16 Å². The lowest BCUT2D eigenvalue weighted by Crippen LogP contribution is -2.29. The van der Waals surface area contributed by atoms with Crippen LogP contribution >= 0.6 is 36.6 Å². The van der Waals surface area contributed by atoms with Crippen LogP contribution in [0.2, 0.25) is 0 Å². The van der Waals surface area contributed by atoms with Crippen molar-refractivity contribution in [3.8, 4) is 0 Å². The third-order valence-corrected chi connectivity index (χ3v) is 4.57. The van der Waals surface area contributed by atoms with E-state index in [4.69, 9.17) is 0 Å². The van der Waals surface area contributed by atoms with Crippen molar-refractivity contribution in [2.24, 2.45) is 0 Å². The maximum atomic E-state index is 12.2. The van der Waals surface area contributed by atoms with Gasteiger partial charge in [0.05, 0.1) is 0 Å². The number of rotatable bonds is 6. The molecule has 1 aliphatic heterocycles. The number of halogens is 2. The van der Waals surface area contributed by atoms with Crippen molar-refractivity contribution in [2.75, 3.05) is 19.6 Å². The van der Waals surface area contributed by atoms with Gasteiger partial charge < -0.3 is 10.6 Å². The van der Waals surface area contributed by atoms with Crippen LogP contribution in [0.4, 0.5) is 0 Å². The third-order valence-electron chi connectivity index (χ3n) is 3.62. The Morgan fingerprint density at radius 3 is 2.68 bits per heavy atom. The molecule has 0 radical (unpaired) electrons. The van der Waals surface area contributed by atoms with Gasteiger partial charge in [0.1, 0.15) is 6.33 Å². The van der Waals surface area contributed by atoms with Gasteiger partial charge in [0.25, 0.3) is 5.91 Å². The molecule has 1 aromatic carbocycles. The molecular formula is C16H21Cl2N5OS. The lowest BCUT2D eigenvalue weighted by atomic mass is 10.1. The Balaban J connectivity index is 0.00000156. The van der Waals surface area contributed by atoms with Crippen LogP contribution in [0.15, 0.2) is 47.4 Å². The molecule has 3 rings (SSSR count). The number of aromatic nitrogens is 3. The summed E-state index contributed by atoms with van der Waals surface area (Å²) in [6.45, 7) is 2.51. The van der Waals surface area contributed by atoms with Crippen LogP contribution in [0.25, 0.3) is 0 Å². The molecule has 0 saturated heterocycles. The van der Waals surface area contributed by atoms with Gasteiger partial charge >= 0.3 is 0 Å². The monoisotopic (exact) mass is 401 g/mol. The van der Waals surface area contributed by atoms with Gasteiger partial charge in [0, 0.05) is 24.4 Å². The largest absolute Gasteiger partial charge is 0.348 e. The van der Waals surface area contributed by atoms with Crippen molar-refractivity contribution in [2.45, 2.75) is 17.3 Å². The average Bonchev–Trinajstić information content (AvgIpc) is 3.13. The van der Waals surface area contributed by atoms with Crippen LogP contribution in [0, 0.1) is 0 Å². The second kappa shape index (κ2) is 11.1. The zero-order chi connectivity index (χ0) is 15.9. The van der Waals surface area contributed by atoms with Crippen molar-refractivity contribution in [3.05, 3.63) is 53.4 Å². The summed E-state index contributed by atoms with van der Waals surface area (Å²) in [5.74, 6) is 0.760. The number of carbonyl (C=O) groups excluding carboxylic acids is 1. The molecule has 0 fully saturated rings. The summed E-state index contributed by atoms with van der Waals surface area (Å²) >= 11 is 1.58. The molecule has 0 spiro atoms. The molecule has 0 bridgehead atoms. The third kappa shape index (κ3) is 6.70. The summed E-state index contributed by atoms with van der Waals surface area (Å²) in [5, 5.41) is 13.7. The summed E-state index contributed by atoms with van der Waals surface area (Å²) in [6, 6.07) is 7.68. The van der Waals surface area contributed by atoms with Crippen molar-refractivity contribution >= 4 is 42.5 Å². The minimum Gasteiger partial charge on any atom is -0.348 e. The normalized spacial score (nSPS) is 13.2. The Hall–Kier alpha value is -1.54. The average molecular weight is 402 g/mol. The number of hydrogen-bond acceptors (Lipinski definition) is 5. The minimum absolute atomic E-state index is 0. The van der Waals surface area contributed by atoms with Crippen LogP contribution in [0.1, 0.15) is 22.3 Å². The van der Waals surface area contributed by atoms with E-state index >= 15 is 0 Å². The maximum Gasteiger partial charge on any atom is 0.251 e. The molecule has 2 heterocycles. The standard InChI is InChI=1S/C16H19N5OS.2ClH/c22-15(18-9-12-5-7-17-8-6-12)14-3-1-13(2-4-14)10-23-16-19-11-20-21-16;;/h1-5,11,17H,6-10H2,(H,18,22)(H,19,20,21);2*1H. The van der Waals surface area contributed by atoms with E-state index < -0.39 is 0 Å². The SMILES string of the molecule is Cl.Cl.O=C(NCC1=CCNCC1)c1ccc(CSc2ncn[nH]2)cc1. The first kappa shape index (κ1) is 21.5. The summed E-state index contributed by atoms with van der Waals surface area (Å²) in [7, 11) is 0. The maximum absolute atomic E-state index is 12.2. The summed E-state index contributed by atoms with van der Waals surface area (Å²) in [6.07, 6.45) is 4.64. The number of nitrogens with one attached hydrogen (secondary N) is 3. The predicted molar refractivity (Wildman–Crippen MR) is 105 cm³/mol. The lowest BCUT2D eigenvalue weighted by molar-refractivity contribution is 0.0956. The van der Waals surface area contributed by atoms with Crippen molar-refractivity contribution < 1.29 is 4.79 Å². The Kier molecular flexibility index (Phi) is 9.59. The molecule has 1 aromatic heterocycles. The molecule has 25 heavy (non-hydrogen) atoms. The molecule has 0 atom stereocenters. The van der Waals surface area contributed by atoms with Gasteiger partial charge in [-0.2, -0.15) is 5.10 Å². The Morgan fingerprint density at radius 2 is 2.04 bits per heavy atom. The Labute approximate surface area is 163 Å². The first-order valence-corrected chi connectivity index (χ1v) is 8.54. The number of amides is 1. The fraction of sp³-hybridized carbons (Fsp3) is 0.312. The fourth-order valence-electron chi connectivity index (χ4n) is 2.29. The number of aromatic amines is 1. The second-order valence-electron chi connectivity index (χ2n) is 5.28. The molecule has 136 valence electrons. The molecule has 1 aliphatic rings. The molecule has 3 N–H and O–H groups in total. The van der Waals surface area contributed by atoms with Crippen LogP contribution in [-0.2, 0) is 5.75 Å². The summed E-state index contributed by atoms with van der Waals surface area (Å²) in [5.41, 5.74) is 3.12. The topological polar surface area (TPSA) is 82.7 Å². The van der Waals surface area contributed by atoms with Crippen LogP contribution in [0.3, 0.4) is 0 Å². The van der Waals surface area contributed by atoms with Gasteiger partial charge in [0.2, 0.25) is 0 Å². The van der Waals surface area contributed by atoms with E-state index in [1.54, 1.807) is 11.8 Å². The molecule has 9 heteroatoms. The van der Waals surface area contributed by atoms with Gasteiger partial charge in [-0.3, -0.25) is 9.89 Å². The predicted octanol–water partition coefficient (Wildman–Crippen LogP) is 2.59. The quantitative estimate of drug-likeness (QED) is 0.511. The molecule has 0 saturated carbocycles. The molecule has 6 nitrogen and oxygen atoms in total. The number of nitrogens with zero attached hydrogens (tertiary/aromatic N) is 2. The van der Waals surface area contributed by atoms with E-state index in [1.165, 1.54) is 11.9 Å². The number of carbonyl (C=O) groups is 1. The molecular weight excluding hydrogens is 381 g/mol. The minimum atomic E-state index is -0.0288. The highest BCUT2D eigenvalue weighted by Gasteiger charge is 2.08. The molecule has 1 amide bonds. The van der Waals surface area contributed by atoms with Gasteiger partial charge in [-0.1, -0.05) is 35.5 Å². The zero-order valence-corrected chi connectivity index (χ0v) is 16.0. The van der Waals surface area contributed by atoms with Crippen molar-refractivity contribution in [1.29, 1.82) is 0 Å². The number of benzene rings is 1. The van der Waals surface area contributed by atoms with Crippen LogP contribution in [-0.4, -0.2) is 40.7 Å². The first-order valence-electron chi connectivity index (χ1n) is 7.55. The van der Waals surface area contributed by atoms with E-state index in [0.29, 0.717) is 12.1 Å². The smallest absolute Gasteiger partial charge is 0.251 e. The number of hydrogen-bond donors (Lipinski definition) is 3. The molecule has 2 aromatic rings. The van der Waals surface area contributed by atoms with E-state index in [1.807, 2.05) is 24.3 Å². The molecule has 0 aliphatic carbocycles. The number of H-pyrrole nitrogens is 1. The lowest BCUT2D eigenvalue weighted by Gasteiger charge is -2.14. The second-order valence-corrected chi connectivity index (χ2v) is 6.24. The van der Waals surface area contributed by atoms with Crippen molar-refractivity contribution in [3.63, 3.8) is 0 Å². The van der Waals surface area contributed by atoms with E-state index in [0.717, 1.165) is 36.0 Å². The van der Waals surface area contributed by atoms with Crippen LogP contribution < -0.4 is 10.6 Å².